The average molecular weight is 417 g/mol. The first-order chi connectivity index (χ1) is 14.6. The molecule has 0 aromatic carbocycles. The van der Waals surface area contributed by atoms with Gasteiger partial charge in [-0.2, -0.15) is 0 Å². The van der Waals surface area contributed by atoms with Crippen molar-refractivity contribution in [2.45, 2.75) is 58.7 Å². The van der Waals surface area contributed by atoms with Crippen LogP contribution in [0, 0.1) is 5.41 Å². The molecule has 0 radical (unpaired) electrons. The van der Waals surface area contributed by atoms with Crippen LogP contribution in [0.25, 0.3) is 0 Å². The molecule has 0 amide bonds. The van der Waals surface area contributed by atoms with E-state index in [1.54, 1.807) is 0 Å². The van der Waals surface area contributed by atoms with Gasteiger partial charge < -0.3 is 25.2 Å². The molecule has 2 N–H and O–H groups in total. The van der Waals surface area contributed by atoms with Crippen molar-refractivity contribution in [3.05, 3.63) is 23.9 Å². The summed E-state index contributed by atoms with van der Waals surface area (Å²) in [5, 5.41) is 7.11. The number of guanidine groups is 1. The Hall–Kier alpha value is -1.86. The summed E-state index contributed by atoms with van der Waals surface area (Å²) in [6.07, 6.45) is 5.59. The highest BCUT2D eigenvalue weighted by Gasteiger charge is 2.53. The van der Waals surface area contributed by atoms with E-state index in [0.717, 1.165) is 69.4 Å². The normalized spacial score (nSPS) is 24.4. The van der Waals surface area contributed by atoms with E-state index in [9.17, 15) is 0 Å². The Morgan fingerprint density at radius 1 is 1.20 bits per heavy atom. The molecule has 3 rings (SSSR count). The predicted octanol–water partition coefficient (Wildman–Crippen LogP) is 2.48. The monoisotopic (exact) mass is 416 g/mol. The fraction of sp³-hybridized carbons (Fsp3) is 0.739. The van der Waals surface area contributed by atoms with Crippen molar-refractivity contribution in [2.75, 3.05) is 51.8 Å². The quantitative estimate of drug-likeness (QED) is 0.501. The number of pyridine rings is 1. The van der Waals surface area contributed by atoms with Gasteiger partial charge in [0.25, 0.3) is 0 Å². The number of piperazine rings is 1. The molecule has 1 aromatic heterocycles. The third-order valence-corrected chi connectivity index (χ3v) is 7.10. The lowest BCUT2D eigenvalue weighted by atomic mass is 9.58. The lowest BCUT2D eigenvalue weighted by molar-refractivity contribution is -0.133. The van der Waals surface area contributed by atoms with Crippen molar-refractivity contribution < 1.29 is 4.74 Å². The molecule has 1 aliphatic carbocycles. The molecule has 168 valence electrons. The number of anilines is 1. The molecule has 1 saturated carbocycles. The van der Waals surface area contributed by atoms with Crippen LogP contribution in [0.15, 0.2) is 23.3 Å². The smallest absolute Gasteiger partial charge is 0.191 e. The van der Waals surface area contributed by atoms with E-state index in [2.05, 4.69) is 65.4 Å². The Balaban J connectivity index is 1.52. The van der Waals surface area contributed by atoms with Gasteiger partial charge in [0.05, 0.1) is 6.10 Å². The second kappa shape index (κ2) is 10.4. The second-order valence-corrected chi connectivity index (χ2v) is 8.56. The van der Waals surface area contributed by atoms with Crippen LogP contribution >= 0.6 is 0 Å². The van der Waals surface area contributed by atoms with Crippen molar-refractivity contribution in [2.24, 2.45) is 10.4 Å². The molecule has 2 aliphatic rings. The van der Waals surface area contributed by atoms with Crippen LogP contribution in [0.3, 0.4) is 0 Å². The zero-order chi connectivity index (χ0) is 21.6. The predicted molar refractivity (Wildman–Crippen MR) is 124 cm³/mol. The number of hydrogen-bond acceptors (Lipinski definition) is 5. The van der Waals surface area contributed by atoms with Crippen LogP contribution < -0.4 is 15.5 Å². The first-order valence-electron chi connectivity index (χ1n) is 11.5. The largest absolute Gasteiger partial charge is 0.378 e. The van der Waals surface area contributed by atoms with Gasteiger partial charge in [0, 0.05) is 64.0 Å². The van der Waals surface area contributed by atoms with Crippen LogP contribution in [0.1, 0.15) is 45.6 Å². The third kappa shape index (κ3) is 4.89. The van der Waals surface area contributed by atoms with E-state index in [0.29, 0.717) is 18.7 Å². The molecule has 2 fully saturated rings. The number of hydrogen-bond donors (Lipinski definition) is 2. The van der Waals surface area contributed by atoms with Crippen molar-refractivity contribution >= 4 is 11.8 Å². The topological polar surface area (TPSA) is 65.0 Å². The van der Waals surface area contributed by atoms with E-state index in [1.165, 1.54) is 0 Å². The number of ether oxygens (including phenoxy) is 1. The highest BCUT2D eigenvalue weighted by Crippen LogP contribution is 2.48. The van der Waals surface area contributed by atoms with E-state index < -0.39 is 0 Å². The Morgan fingerprint density at radius 3 is 2.50 bits per heavy atom. The minimum Gasteiger partial charge on any atom is -0.378 e. The summed E-state index contributed by atoms with van der Waals surface area (Å²) in [6, 6.07) is 4.70. The first-order valence-corrected chi connectivity index (χ1v) is 11.5. The number of rotatable bonds is 8. The maximum atomic E-state index is 6.00. The highest BCUT2D eigenvalue weighted by molar-refractivity contribution is 5.80. The lowest BCUT2D eigenvalue weighted by Gasteiger charge is -2.55. The second-order valence-electron chi connectivity index (χ2n) is 8.56. The Kier molecular flexibility index (Phi) is 7.94. The Morgan fingerprint density at radius 2 is 1.93 bits per heavy atom. The number of likely N-dealkylation sites (N-methyl/N-ethyl adjacent to an activating group) is 1. The van der Waals surface area contributed by atoms with Gasteiger partial charge in [-0.05, 0) is 44.9 Å². The van der Waals surface area contributed by atoms with Gasteiger partial charge in [0.1, 0.15) is 5.82 Å². The van der Waals surface area contributed by atoms with Crippen LogP contribution in [0.4, 0.5) is 5.82 Å². The maximum Gasteiger partial charge on any atom is 0.191 e. The minimum atomic E-state index is 0.194. The van der Waals surface area contributed by atoms with Crippen LogP contribution in [0.2, 0.25) is 0 Å². The maximum absolute atomic E-state index is 6.00. The van der Waals surface area contributed by atoms with Gasteiger partial charge in [0.15, 0.2) is 5.96 Å². The zero-order valence-corrected chi connectivity index (χ0v) is 19.4. The number of nitrogens with zero attached hydrogens (tertiary/aromatic N) is 4. The molecule has 0 spiro atoms. The fourth-order valence-electron chi connectivity index (χ4n) is 4.87. The molecule has 1 saturated heterocycles. The standard InChI is InChI=1S/C23H40N6O/c1-6-23(7-2)19(15-20(23)30-8-3)27-22(24-4)26-17-18-9-10-21(25-16-18)29-13-11-28(5)12-14-29/h9-10,16,19-20H,6-8,11-15,17H2,1-5H3,(H2,24,26,27). The molecule has 2 unspecified atom stereocenters. The summed E-state index contributed by atoms with van der Waals surface area (Å²) < 4.78 is 6.00. The molecular formula is C23H40N6O. The van der Waals surface area contributed by atoms with Crippen molar-refractivity contribution in [1.29, 1.82) is 0 Å². The Labute approximate surface area is 182 Å². The van der Waals surface area contributed by atoms with E-state index in [1.807, 2.05) is 13.2 Å². The summed E-state index contributed by atoms with van der Waals surface area (Å²) in [7, 11) is 4.01. The summed E-state index contributed by atoms with van der Waals surface area (Å²) in [6.45, 7) is 12.4. The summed E-state index contributed by atoms with van der Waals surface area (Å²) >= 11 is 0. The minimum absolute atomic E-state index is 0.194. The highest BCUT2D eigenvalue weighted by atomic mass is 16.5. The molecule has 0 bridgehead atoms. The van der Waals surface area contributed by atoms with Gasteiger partial charge in [-0.25, -0.2) is 4.98 Å². The third-order valence-electron chi connectivity index (χ3n) is 7.10. The molecule has 1 aliphatic heterocycles. The van der Waals surface area contributed by atoms with Gasteiger partial charge in [-0.1, -0.05) is 19.9 Å². The summed E-state index contributed by atoms with van der Waals surface area (Å²) in [5.74, 6) is 1.92. The van der Waals surface area contributed by atoms with Crippen LogP contribution in [-0.2, 0) is 11.3 Å². The summed E-state index contributed by atoms with van der Waals surface area (Å²) in [5.41, 5.74) is 1.35. The molecule has 30 heavy (non-hydrogen) atoms. The number of nitrogens with one attached hydrogen (secondary N) is 2. The van der Waals surface area contributed by atoms with Gasteiger partial charge in [-0.15, -0.1) is 0 Å². The van der Waals surface area contributed by atoms with Gasteiger partial charge in [0.2, 0.25) is 0 Å². The molecule has 2 atom stereocenters. The molecular weight excluding hydrogens is 376 g/mol. The Bertz CT molecular complexity index is 679. The fourth-order valence-corrected chi connectivity index (χ4v) is 4.87. The molecule has 7 nitrogen and oxygen atoms in total. The summed E-state index contributed by atoms with van der Waals surface area (Å²) in [4.78, 5) is 13.9. The van der Waals surface area contributed by atoms with E-state index >= 15 is 0 Å². The van der Waals surface area contributed by atoms with Crippen LogP contribution in [0.5, 0.6) is 0 Å². The average Bonchev–Trinajstić information content (AvgIpc) is 2.77. The van der Waals surface area contributed by atoms with Crippen molar-refractivity contribution in [3.63, 3.8) is 0 Å². The number of aromatic nitrogens is 1. The van der Waals surface area contributed by atoms with Gasteiger partial charge >= 0.3 is 0 Å². The van der Waals surface area contributed by atoms with E-state index in [-0.39, 0.29) is 5.41 Å². The number of aliphatic imine (C=N–C) groups is 1. The zero-order valence-electron chi connectivity index (χ0n) is 19.4. The van der Waals surface area contributed by atoms with Crippen molar-refractivity contribution in [3.8, 4) is 0 Å². The van der Waals surface area contributed by atoms with Gasteiger partial charge in [-0.3, -0.25) is 4.99 Å². The lowest BCUT2D eigenvalue weighted by Crippen LogP contribution is -2.65. The molecule has 2 heterocycles. The van der Waals surface area contributed by atoms with Crippen LogP contribution in [-0.4, -0.2) is 74.9 Å². The van der Waals surface area contributed by atoms with E-state index in [4.69, 9.17) is 9.72 Å². The molecule has 1 aromatic rings. The first kappa shape index (κ1) is 22.8. The van der Waals surface area contributed by atoms with Crippen molar-refractivity contribution in [1.82, 2.24) is 20.5 Å². The SMILES string of the molecule is CCOC1CC(NC(=NC)NCc2ccc(N3CCN(C)CC3)nc2)C1(CC)CC. The molecule has 7 heteroatoms.